The molecule has 45 heavy (non-hydrogen) atoms. The van der Waals surface area contributed by atoms with Gasteiger partial charge in [-0.3, -0.25) is 18.3 Å². The number of hydrogen-bond acceptors (Lipinski definition) is 5. The molecule has 7 nitrogen and oxygen atoms in total. The standard InChI is InChI=1S/C35H40F2N2O5S/c1-8-29(40)31-27-20-26(23-11-9-12-24(19-23)33(41)38-35(5,6)34(2,3)4)28(39(18-10-17-36)45(7,42)43)21-30(27)44-32(31)22-13-15-25(37)16-14-22/h9,11-16,19-21H,8,10,17-18H2,1-7H3,(H,38,41). The Hall–Kier alpha value is -4.05. The van der Waals surface area contributed by atoms with Gasteiger partial charge in [-0.05, 0) is 73.7 Å². The lowest BCUT2D eigenvalue weighted by Gasteiger charge is -2.39. The number of alkyl halides is 1. The van der Waals surface area contributed by atoms with Gasteiger partial charge in [0.1, 0.15) is 17.2 Å². The molecule has 1 amide bonds. The van der Waals surface area contributed by atoms with E-state index in [1.807, 2.05) is 34.6 Å². The highest BCUT2D eigenvalue weighted by atomic mass is 32.2. The minimum absolute atomic E-state index is 0.0482. The third-order valence-electron chi connectivity index (χ3n) is 8.41. The zero-order chi connectivity index (χ0) is 33.3. The molecule has 0 radical (unpaired) electrons. The first-order valence-corrected chi connectivity index (χ1v) is 16.7. The second-order valence-corrected chi connectivity index (χ2v) is 14.6. The lowest BCUT2D eigenvalue weighted by molar-refractivity contribution is 0.0829. The molecule has 3 aromatic carbocycles. The number of carbonyl (C=O) groups is 2. The summed E-state index contributed by atoms with van der Waals surface area (Å²) in [6.07, 6.45) is 1.15. The molecule has 10 heteroatoms. The van der Waals surface area contributed by atoms with Crippen molar-refractivity contribution >= 4 is 38.4 Å². The van der Waals surface area contributed by atoms with E-state index in [4.69, 9.17) is 4.42 Å². The zero-order valence-corrected chi connectivity index (χ0v) is 27.6. The van der Waals surface area contributed by atoms with Crippen LogP contribution in [0.25, 0.3) is 33.4 Å². The number of Topliss-reactive ketones (excluding diaryl/α,β-unsaturated/α-hetero) is 1. The number of furan rings is 1. The summed E-state index contributed by atoms with van der Waals surface area (Å²) < 4.78 is 60.6. The summed E-state index contributed by atoms with van der Waals surface area (Å²) in [5.41, 5.74) is 1.69. The van der Waals surface area contributed by atoms with Crippen molar-refractivity contribution in [3.8, 4) is 22.5 Å². The van der Waals surface area contributed by atoms with Gasteiger partial charge in [-0.15, -0.1) is 0 Å². The molecule has 0 aliphatic carbocycles. The highest BCUT2D eigenvalue weighted by Gasteiger charge is 2.34. The summed E-state index contributed by atoms with van der Waals surface area (Å²) in [5.74, 6) is -0.747. The molecule has 0 aliphatic heterocycles. The molecule has 0 aliphatic rings. The topological polar surface area (TPSA) is 96.7 Å². The first-order valence-electron chi connectivity index (χ1n) is 14.8. The van der Waals surface area contributed by atoms with Crippen molar-refractivity contribution in [3.05, 3.63) is 77.6 Å². The van der Waals surface area contributed by atoms with Gasteiger partial charge in [-0.2, -0.15) is 0 Å². The average molecular weight is 639 g/mol. The molecule has 1 aromatic heterocycles. The predicted octanol–water partition coefficient (Wildman–Crippen LogP) is 8.18. The van der Waals surface area contributed by atoms with Crippen molar-refractivity contribution in [3.63, 3.8) is 0 Å². The van der Waals surface area contributed by atoms with Crippen LogP contribution in [-0.2, 0) is 10.0 Å². The van der Waals surface area contributed by atoms with Crippen LogP contribution in [0.1, 0.15) is 75.1 Å². The van der Waals surface area contributed by atoms with Gasteiger partial charge in [-0.25, -0.2) is 12.8 Å². The van der Waals surface area contributed by atoms with Crippen LogP contribution in [0.5, 0.6) is 0 Å². The molecule has 0 atom stereocenters. The van der Waals surface area contributed by atoms with E-state index < -0.39 is 28.1 Å². The van der Waals surface area contributed by atoms with Crippen LogP contribution >= 0.6 is 0 Å². The Labute approximate surface area is 263 Å². The van der Waals surface area contributed by atoms with E-state index >= 15 is 0 Å². The minimum Gasteiger partial charge on any atom is -0.455 e. The second-order valence-electron chi connectivity index (χ2n) is 12.7. The van der Waals surface area contributed by atoms with Crippen molar-refractivity contribution in [2.45, 2.75) is 59.9 Å². The lowest BCUT2D eigenvalue weighted by Crippen LogP contribution is -2.52. The quantitative estimate of drug-likeness (QED) is 0.167. The smallest absolute Gasteiger partial charge is 0.251 e. The first kappa shape index (κ1) is 33.8. The summed E-state index contributed by atoms with van der Waals surface area (Å²) in [6, 6.07) is 15.5. The summed E-state index contributed by atoms with van der Waals surface area (Å²) >= 11 is 0. The van der Waals surface area contributed by atoms with E-state index in [1.165, 1.54) is 30.3 Å². The molecule has 0 unspecified atom stereocenters. The summed E-state index contributed by atoms with van der Waals surface area (Å²) in [7, 11) is -3.90. The Kier molecular flexibility index (Phi) is 9.59. The molecule has 1 N–H and O–H groups in total. The summed E-state index contributed by atoms with van der Waals surface area (Å²) in [4.78, 5) is 26.8. The number of nitrogens with zero attached hydrogens (tertiary/aromatic N) is 1. The molecule has 0 saturated carbocycles. The third kappa shape index (κ3) is 7.11. The highest BCUT2D eigenvalue weighted by Crippen LogP contribution is 2.42. The second kappa shape index (κ2) is 12.7. The van der Waals surface area contributed by atoms with Crippen molar-refractivity contribution in [2.24, 2.45) is 5.41 Å². The molecular weight excluding hydrogens is 598 g/mol. The number of halogens is 2. The fourth-order valence-corrected chi connectivity index (χ4v) is 5.84. The monoisotopic (exact) mass is 638 g/mol. The maximum atomic E-state index is 13.8. The van der Waals surface area contributed by atoms with Crippen LogP contribution in [0.15, 0.2) is 65.1 Å². The van der Waals surface area contributed by atoms with Crippen LogP contribution in [0.4, 0.5) is 14.5 Å². The normalized spacial score (nSPS) is 12.4. The van der Waals surface area contributed by atoms with Gasteiger partial charge in [-0.1, -0.05) is 39.8 Å². The van der Waals surface area contributed by atoms with E-state index in [9.17, 15) is 26.8 Å². The Balaban J connectivity index is 2.01. The Bertz CT molecular complexity index is 1840. The SMILES string of the molecule is CCC(=O)c1c(-c2ccc(F)cc2)oc2cc(N(CCCF)S(C)(=O)=O)c(-c3cccc(C(=O)NC(C)(C)C(C)(C)C)c3)cc12. The Morgan fingerprint density at radius 3 is 2.20 bits per heavy atom. The van der Waals surface area contributed by atoms with Gasteiger partial charge in [0.15, 0.2) is 5.78 Å². The van der Waals surface area contributed by atoms with Gasteiger partial charge in [0.25, 0.3) is 5.91 Å². The van der Waals surface area contributed by atoms with Crippen molar-refractivity contribution in [1.82, 2.24) is 5.32 Å². The maximum absolute atomic E-state index is 13.8. The van der Waals surface area contributed by atoms with E-state index in [2.05, 4.69) is 5.32 Å². The number of anilines is 1. The fourth-order valence-electron chi connectivity index (χ4n) is 4.87. The number of hydrogen-bond donors (Lipinski definition) is 1. The zero-order valence-electron chi connectivity index (χ0n) is 26.8. The summed E-state index contributed by atoms with van der Waals surface area (Å²) in [6.45, 7) is 10.8. The van der Waals surface area contributed by atoms with Crippen molar-refractivity contribution in [2.75, 3.05) is 23.8 Å². The number of nitrogens with one attached hydrogen (secondary N) is 1. The number of rotatable bonds is 11. The molecule has 240 valence electrons. The number of carbonyl (C=O) groups excluding carboxylic acids is 2. The third-order valence-corrected chi connectivity index (χ3v) is 9.59. The molecule has 4 rings (SSSR count). The van der Waals surface area contributed by atoms with E-state index in [1.54, 1.807) is 37.3 Å². The molecule has 1 heterocycles. The summed E-state index contributed by atoms with van der Waals surface area (Å²) in [5, 5.41) is 3.53. The Morgan fingerprint density at radius 1 is 0.956 bits per heavy atom. The molecule has 4 aromatic rings. The highest BCUT2D eigenvalue weighted by molar-refractivity contribution is 7.92. The Morgan fingerprint density at radius 2 is 1.62 bits per heavy atom. The van der Waals surface area contributed by atoms with Gasteiger partial charge >= 0.3 is 0 Å². The number of ketones is 1. The maximum Gasteiger partial charge on any atom is 0.251 e. The van der Waals surface area contributed by atoms with Crippen LogP contribution < -0.4 is 9.62 Å². The number of sulfonamides is 1. The number of fused-ring (bicyclic) bond motifs is 1. The van der Waals surface area contributed by atoms with Crippen molar-refractivity contribution in [1.29, 1.82) is 0 Å². The molecule has 0 spiro atoms. The van der Waals surface area contributed by atoms with E-state index in [0.29, 0.717) is 27.6 Å². The number of benzene rings is 3. The van der Waals surface area contributed by atoms with Crippen LogP contribution in [0.3, 0.4) is 0 Å². The van der Waals surface area contributed by atoms with Crippen LogP contribution in [0.2, 0.25) is 0 Å². The molecule has 0 saturated heterocycles. The number of amides is 1. The minimum atomic E-state index is -3.90. The van der Waals surface area contributed by atoms with Crippen LogP contribution in [0, 0.1) is 11.2 Å². The molecule has 0 bridgehead atoms. The predicted molar refractivity (Wildman–Crippen MR) is 175 cm³/mol. The van der Waals surface area contributed by atoms with E-state index in [0.717, 1.165) is 10.6 Å². The van der Waals surface area contributed by atoms with Crippen molar-refractivity contribution < 1.29 is 31.2 Å². The van der Waals surface area contributed by atoms with Crippen LogP contribution in [-0.4, -0.2) is 45.1 Å². The first-order chi connectivity index (χ1) is 21.0. The van der Waals surface area contributed by atoms with Gasteiger partial charge in [0, 0.05) is 46.6 Å². The molecular formula is C35H40F2N2O5S. The van der Waals surface area contributed by atoms with Gasteiger partial charge < -0.3 is 9.73 Å². The van der Waals surface area contributed by atoms with Gasteiger partial charge in [0.2, 0.25) is 10.0 Å². The largest absolute Gasteiger partial charge is 0.455 e. The average Bonchev–Trinajstić information content (AvgIpc) is 3.34. The molecule has 0 fully saturated rings. The van der Waals surface area contributed by atoms with Gasteiger partial charge in [0.05, 0.1) is 24.2 Å². The lowest BCUT2D eigenvalue weighted by atomic mass is 9.76. The fraction of sp³-hybridized carbons (Fsp3) is 0.371. The van der Waals surface area contributed by atoms with E-state index in [-0.39, 0.29) is 59.1 Å².